The Morgan fingerprint density at radius 1 is 0.983 bits per heavy atom. The number of likely N-dealkylation sites (N-methyl/N-ethyl adjacent to an activating group) is 1. The summed E-state index contributed by atoms with van der Waals surface area (Å²) in [7, 11) is 1.73. The van der Waals surface area contributed by atoms with Crippen LogP contribution in [0.5, 0.6) is 17.2 Å². The molecule has 1 amide bonds. The number of oxime groups is 1. The molecule has 1 fully saturated rings. The number of thioether (sulfide) groups is 1. The summed E-state index contributed by atoms with van der Waals surface area (Å²) in [5.74, 6) is 0.247. The Hall–Kier alpha value is -4.55. The summed E-state index contributed by atoms with van der Waals surface area (Å²) in [4.78, 5) is 22.8. The van der Waals surface area contributed by atoms with Crippen molar-refractivity contribution in [3.8, 4) is 17.2 Å². The zero-order chi connectivity index (χ0) is 40.9. The first-order valence-corrected chi connectivity index (χ1v) is 21.7. The average molecular weight is 811 g/mol. The minimum Gasteiger partial charge on any atom is -0.459 e. The van der Waals surface area contributed by atoms with Gasteiger partial charge in [0.05, 0.1) is 24.8 Å². The Kier molecular flexibility index (Phi) is 15.5. The lowest BCUT2D eigenvalue weighted by molar-refractivity contribution is -0.253. The van der Waals surface area contributed by atoms with E-state index in [-0.39, 0.29) is 57.2 Å². The molecule has 3 aromatic carbocycles. The molecule has 3 aromatic rings. The van der Waals surface area contributed by atoms with Crippen LogP contribution in [-0.2, 0) is 20.9 Å². The summed E-state index contributed by atoms with van der Waals surface area (Å²) < 4.78 is 26.4. The highest BCUT2D eigenvalue weighted by Gasteiger charge is 2.65. The first-order valence-electron chi connectivity index (χ1n) is 20.4. The summed E-state index contributed by atoms with van der Waals surface area (Å²) in [5.41, 5.74) is 3.64. The van der Waals surface area contributed by atoms with Crippen molar-refractivity contribution in [2.75, 3.05) is 39.7 Å². The summed E-state index contributed by atoms with van der Waals surface area (Å²) in [6.45, 7) is 8.63. The normalized spacial score (nSPS) is 23.8. The van der Waals surface area contributed by atoms with Gasteiger partial charge in [-0.05, 0) is 104 Å². The summed E-state index contributed by atoms with van der Waals surface area (Å²) >= 11 is 1.68. The number of allylic oxidation sites excluding steroid dienone is 1. The molecule has 1 aliphatic heterocycles. The molecule has 2 N–H and O–H groups in total. The molecule has 2 aliphatic carbocycles. The van der Waals surface area contributed by atoms with E-state index in [1.54, 1.807) is 35.9 Å². The van der Waals surface area contributed by atoms with Gasteiger partial charge in [0.25, 0.3) is 0 Å². The minimum atomic E-state index is -1.37. The predicted molar refractivity (Wildman–Crippen MR) is 228 cm³/mol. The van der Waals surface area contributed by atoms with Gasteiger partial charge in [0.1, 0.15) is 29.9 Å². The summed E-state index contributed by atoms with van der Waals surface area (Å²) in [6.07, 6.45) is 12.8. The van der Waals surface area contributed by atoms with Gasteiger partial charge in [-0.3, -0.25) is 0 Å². The van der Waals surface area contributed by atoms with Gasteiger partial charge in [0, 0.05) is 43.1 Å². The maximum Gasteiger partial charge on any atom is 0.409 e. The monoisotopic (exact) mass is 810 g/mol. The van der Waals surface area contributed by atoms with Crippen molar-refractivity contribution < 1.29 is 38.8 Å². The van der Waals surface area contributed by atoms with Crippen molar-refractivity contribution in [1.29, 1.82) is 0 Å². The summed E-state index contributed by atoms with van der Waals surface area (Å²) in [6, 6.07) is 23.2. The van der Waals surface area contributed by atoms with Crippen molar-refractivity contribution in [2.45, 2.75) is 80.6 Å². The molecule has 310 valence electrons. The van der Waals surface area contributed by atoms with Gasteiger partial charge in [-0.25, -0.2) is 4.79 Å². The smallest absolute Gasteiger partial charge is 0.409 e. The third-order valence-electron chi connectivity index (χ3n) is 11.5. The molecule has 0 aromatic heterocycles. The number of rotatable bonds is 21. The van der Waals surface area contributed by atoms with Gasteiger partial charge >= 0.3 is 6.09 Å². The number of amides is 1. The molecule has 0 saturated heterocycles. The molecule has 1 heterocycles. The molecule has 58 heavy (non-hydrogen) atoms. The van der Waals surface area contributed by atoms with Crippen molar-refractivity contribution in [2.24, 2.45) is 22.9 Å². The molecule has 3 aliphatic rings. The number of aliphatic hydroxyl groups is 2. The second-order valence-corrected chi connectivity index (χ2v) is 16.0. The number of hydrogen-bond acceptors (Lipinski definition) is 10. The van der Waals surface area contributed by atoms with E-state index >= 15 is 0 Å². The highest BCUT2D eigenvalue weighted by atomic mass is 32.2. The number of aliphatic hydroxyl groups excluding tert-OH is 2. The third-order valence-corrected chi connectivity index (χ3v) is 12.2. The van der Waals surface area contributed by atoms with Crippen LogP contribution < -0.4 is 9.47 Å². The first kappa shape index (κ1) is 43.0. The number of unbranched alkanes of at least 4 members (excludes halogenated alkanes) is 2. The number of carbonyl (C=O) groups is 1. The largest absolute Gasteiger partial charge is 0.459 e. The van der Waals surface area contributed by atoms with Crippen LogP contribution in [0.2, 0.25) is 0 Å². The second kappa shape index (κ2) is 20.9. The Balaban J connectivity index is 1.53. The molecule has 10 nitrogen and oxygen atoms in total. The lowest BCUT2D eigenvalue weighted by Crippen LogP contribution is -2.69. The zero-order valence-corrected chi connectivity index (χ0v) is 34.6. The highest BCUT2D eigenvalue weighted by molar-refractivity contribution is 7.98. The average Bonchev–Trinajstić information content (AvgIpc) is 3.25. The Morgan fingerprint density at radius 2 is 1.72 bits per heavy atom. The van der Waals surface area contributed by atoms with E-state index < -0.39 is 23.8 Å². The van der Waals surface area contributed by atoms with Crippen molar-refractivity contribution in [3.63, 3.8) is 0 Å². The van der Waals surface area contributed by atoms with Crippen LogP contribution in [0.3, 0.4) is 0 Å². The second-order valence-electron chi connectivity index (χ2n) is 15.1. The fourth-order valence-electron chi connectivity index (χ4n) is 8.79. The molecule has 6 rings (SSSR count). The standard InChI is InChI=1S/C47H58N2O8S/c1-5-7-28-53-46(52)49(3)43-31-41(48-55-32-33-15-9-8-10-16-33)39-29-34(17-11-13-25-50)38(18-12-14-26-51)44-40-30-36(56-35-19-22-37(58-4)23-20-35)21-24-42(40)57-47(43,45(39)44)54-27-6-2/h5-6,8-10,15-16,19-24,29-30,34,38,43-45,50-51H,1-2,7,11-14,17-18,25-28,31-32H2,3-4H3/t34-,38+,43-,44+,45+,47+/m0/s1. The van der Waals surface area contributed by atoms with Crippen molar-refractivity contribution >= 4 is 23.6 Å². The van der Waals surface area contributed by atoms with Gasteiger partial charge < -0.3 is 38.9 Å². The van der Waals surface area contributed by atoms with Crippen LogP contribution in [0.4, 0.5) is 4.79 Å². The molecule has 0 spiro atoms. The fourth-order valence-corrected chi connectivity index (χ4v) is 9.20. The summed E-state index contributed by atoms with van der Waals surface area (Å²) in [5, 5.41) is 24.6. The van der Waals surface area contributed by atoms with Crippen LogP contribution >= 0.6 is 11.8 Å². The topological polar surface area (TPSA) is 119 Å². The molecule has 11 heteroatoms. The van der Waals surface area contributed by atoms with Crippen molar-refractivity contribution in [3.05, 3.63) is 121 Å². The van der Waals surface area contributed by atoms with E-state index in [0.29, 0.717) is 36.5 Å². The van der Waals surface area contributed by atoms with Crippen LogP contribution in [0, 0.1) is 17.8 Å². The lowest BCUT2D eigenvalue weighted by atomic mass is 9.55. The van der Waals surface area contributed by atoms with E-state index in [1.165, 1.54) is 0 Å². The van der Waals surface area contributed by atoms with Crippen LogP contribution in [0.15, 0.2) is 120 Å². The Labute approximate surface area is 347 Å². The quantitative estimate of drug-likeness (QED) is 0.0469. The van der Waals surface area contributed by atoms with Gasteiger partial charge in [-0.1, -0.05) is 66.6 Å². The Morgan fingerprint density at radius 3 is 2.43 bits per heavy atom. The number of carbonyl (C=O) groups excluding carboxylic acids is 1. The van der Waals surface area contributed by atoms with Crippen LogP contribution in [0.25, 0.3) is 0 Å². The maximum absolute atomic E-state index is 13.9. The maximum atomic E-state index is 13.9. The highest BCUT2D eigenvalue weighted by Crippen LogP contribution is 2.62. The molecule has 0 bridgehead atoms. The number of hydrogen-bond donors (Lipinski definition) is 2. The number of benzene rings is 3. The van der Waals surface area contributed by atoms with E-state index in [0.717, 1.165) is 53.0 Å². The SMILES string of the molecule is C=CCCOC(=O)N(C)[C@H]1CC(=NOCc2ccccc2)C2=C[C@H](CCCCO)[C@@H](CCCCO)[C@@H]3c4cc(Oc5ccc(SC)cc5)ccc4O[C@@]1(OCC=C)[C@H]23. The van der Waals surface area contributed by atoms with Crippen LogP contribution in [-0.4, -0.2) is 78.5 Å². The molecule has 6 atom stereocenters. The number of nitrogens with zero attached hydrogens (tertiary/aromatic N) is 2. The lowest BCUT2D eigenvalue weighted by Gasteiger charge is -2.59. The van der Waals surface area contributed by atoms with E-state index in [4.69, 9.17) is 28.9 Å². The van der Waals surface area contributed by atoms with Crippen molar-refractivity contribution in [1.82, 2.24) is 4.90 Å². The first-order chi connectivity index (χ1) is 28.4. The van der Waals surface area contributed by atoms with Gasteiger partial charge in [0.2, 0.25) is 5.79 Å². The van der Waals surface area contributed by atoms with Gasteiger partial charge in [0.15, 0.2) is 0 Å². The van der Waals surface area contributed by atoms with E-state index in [1.807, 2.05) is 73.0 Å². The molecular formula is C47H58N2O8S. The van der Waals surface area contributed by atoms with Crippen LogP contribution in [0.1, 0.15) is 68.4 Å². The molecule has 1 saturated carbocycles. The molecule has 0 unspecified atom stereocenters. The number of ether oxygens (including phenoxy) is 4. The molecule has 0 radical (unpaired) electrons. The zero-order valence-electron chi connectivity index (χ0n) is 33.8. The fraction of sp³-hybridized carbons (Fsp3) is 0.447. The number of fused-ring (bicyclic) bond motifs is 2. The van der Waals surface area contributed by atoms with E-state index in [9.17, 15) is 15.0 Å². The molecular weight excluding hydrogens is 753 g/mol. The van der Waals surface area contributed by atoms with Gasteiger partial charge in [-0.15, -0.1) is 24.9 Å². The van der Waals surface area contributed by atoms with Gasteiger partial charge in [-0.2, -0.15) is 0 Å². The Bertz CT molecular complexity index is 1880. The van der Waals surface area contributed by atoms with E-state index in [2.05, 4.69) is 25.3 Å². The minimum absolute atomic E-state index is 0.0829. The predicted octanol–water partition coefficient (Wildman–Crippen LogP) is 9.68. The third kappa shape index (κ3) is 9.82.